The van der Waals surface area contributed by atoms with Crippen molar-refractivity contribution < 1.29 is 14.3 Å². The first kappa shape index (κ1) is 10.6. The molecule has 76 valence electrons. The number of carboxylic acids is 1. The molecule has 0 amide bonds. The lowest BCUT2D eigenvalue weighted by molar-refractivity contribution is 0.0691. The molecule has 4 nitrogen and oxygen atoms in total. The number of halogens is 1. The maximum absolute atomic E-state index is 13.4. The summed E-state index contributed by atoms with van der Waals surface area (Å²) in [5, 5.41) is 8.63. The minimum absolute atomic E-state index is 0.0694. The molecule has 0 bridgehead atoms. The van der Waals surface area contributed by atoms with Crippen molar-refractivity contribution in [2.24, 2.45) is 11.5 Å². The topological polar surface area (TPSA) is 89.3 Å². The third-order valence-corrected chi connectivity index (χ3v) is 1.91. The molecule has 0 radical (unpaired) electrons. The van der Waals surface area contributed by atoms with E-state index in [9.17, 15) is 9.18 Å². The van der Waals surface area contributed by atoms with E-state index in [0.29, 0.717) is 0 Å². The molecule has 1 aromatic carbocycles. The molecule has 0 aliphatic heterocycles. The van der Waals surface area contributed by atoms with E-state index in [4.69, 9.17) is 16.6 Å². The van der Waals surface area contributed by atoms with Gasteiger partial charge in [-0.05, 0) is 6.07 Å². The lowest BCUT2D eigenvalue weighted by Gasteiger charge is -2.11. The number of benzene rings is 1. The third kappa shape index (κ3) is 1.89. The number of rotatable bonds is 3. The Balaban J connectivity index is 3.20. The van der Waals surface area contributed by atoms with Gasteiger partial charge in [0.2, 0.25) is 0 Å². The van der Waals surface area contributed by atoms with E-state index in [1.54, 1.807) is 0 Å². The van der Waals surface area contributed by atoms with Crippen LogP contribution in [0.5, 0.6) is 0 Å². The zero-order valence-corrected chi connectivity index (χ0v) is 7.40. The van der Waals surface area contributed by atoms with Crippen LogP contribution in [0.25, 0.3) is 0 Å². The van der Waals surface area contributed by atoms with E-state index >= 15 is 0 Å². The van der Waals surface area contributed by atoms with E-state index < -0.39 is 17.8 Å². The van der Waals surface area contributed by atoms with E-state index in [2.05, 4.69) is 0 Å². The monoisotopic (exact) mass is 198 g/mol. The summed E-state index contributed by atoms with van der Waals surface area (Å²) in [5.41, 5.74) is 10.5. The molecule has 1 rings (SSSR count). The molecule has 0 saturated carbocycles. The first-order chi connectivity index (χ1) is 6.57. The Hall–Kier alpha value is -1.46. The molecule has 1 unspecified atom stereocenters. The standard InChI is InChI=1S/C9H11FN2O2/c10-8-5(7(12)4-11)2-1-3-6(8)9(13)14/h1-3,7H,4,11-12H2,(H,13,14). The second kappa shape index (κ2) is 4.17. The third-order valence-electron chi connectivity index (χ3n) is 1.91. The SMILES string of the molecule is NCC(N)c1cccc(C(=O)O)c1F. The lowest BCUT2D eigenvalue weighted by atomic mass is 10.0. The average molecular weight is 198 g/mol. The van der Waals surface area contributed by atoms with Gasteiger partial charge in [0.1, 0.15) is 5.82 Å². The Kier molecular flexibility index (Phi) is 3.16. The molecule has 0 aromatic heterocycles. The van der Waals surface area contributed by atoms with E-state index in [1.165, 1.54) is 18.2 Å². The first-order valence-electron chi connectivity index (χ1n) is 4.05. The van der Waals surface area contributed by atoms with Crippen molar-refractivity contribution in [3.8, 4) is 0 Å². The second-order valence-electron chi connectivity index (χ2n) is 2.86. The zero-order valence-electron chi connectivity index (χ0n) is 7.40. The lowest BCUT2D eigenvalue weighted by Crippen LogP contribution is -2.22. The van der Waals surface area contributed by atoms with Crippen LogP contribution in [-0.4, -0.2) is 17.6 Å². The summed E-state index contributed by atoms with van der Waals surface area (Å²) in [5.74, 6) is -2.12. The maximum Gasteiger partial charge on any atom is 0.338 e. The molecule has 0 spiro atoms. The van der Waals surface area contributed by atoms with E-state index in [1.807, 2.05) is 0 Å². The van der Waals surface area contributed by atoms with Crippen molar-refractivity contribution in [2.45, 2.75) is 6.04 Å². The summed E-state index contributed by atoms with van der Waals surface area (Å²) < 4.78 is 13.4. The number of nitrogens with two attached hydrogens (primary N) is 2. The minimum atomic E-state index is -1.31. The van der Waals surface area contributed by atoms with Gasteiger partial charge < -0.3 is 16.6 Å². The van der Waals surface area contributed by atoms with Crippen molar-refractivity contribution in [1.82, 2.24) is 0 Å². The maximum atomic E-state index is 13.4. The van der Waals surface area contributed by atoms with Gasteiger partial charge in [-0.3, -0.25) is 0 Å². The van der Waals surface area contributed by atoms with Gasteiger partial charge in [0.25, 0.3) is 0 Å². The number of aromatic carboxylic acids is 1. The highest BCUT2D eigenvalue weighted by atomic mass is 19.1. The van der Waals surface area contributed by atoms with Crippen LogP contribution in [0.4, 0.5) is 4.39 Å². The van der Waals surface area contributed by atoms with Gasteiger partial charge in [-0.2, -0.15) is 0 Å². The van der Waals surface area contributed by atoms with Crippen LogP contribution in [0.15, 0.2) is 18.2 Å². The molecular weight excluding hydrogens is 187 g/mol. The molecule has 0 heterocycles. The molecule has 0 aliphatic rings. The van der Waals surface area contributed by atoms with Gasteiger partial charge in [0, 0.05) is 18.2 Å². The summed E-state index contributed by atoms with van der Waals surface area (Å²) >= 11 is 0. The van der Waals surface area contributed by atoms with Gasteiger partial charge in [0.15, 0.2) is 0 Å². The molecule has 1 atom stereocenters. The van der Waals surface area contributed by atoms with Gasteiger partial charge >= 0.3 is 5.97 Å². The summed E-state index contributed by atoms with van der Waals surface area (Å²) in [4.78, 5) is 10.6. The molecule has 1 aromatic rings. The summed E-state index contributed by atoms with van der Waals surface area (Å²) in [7, 11) is 0. The second-order valence-corrected chi connectivity index (χ2v) is 2.86. The highest BCUT2D eigenvalue weighted by molar-refractivity contribution is 5.88. The molecule has 5 heteroatoms. The normalized spacial score (nSPS) is 12.5. The molecule has 0 aliphatic carbocycles. The van der Waals surface area contributed by atoms with Gasteiger partial charge in [-0.1, -0.05) is 12.1 Å². The van der Waals surface area contributed by atoms with Crippen LogP contribution in [0.3, 0.4) is 0 Å². The van der Waals surface area contributed by atoms with Gasteiger partial charge in [-0.15, -0.1) is 0 Å². The van der Waals surface area contributed by atoms with Gasteiger partial charge in [-0.25, -0.2) is 9.18 Å². The predicted molar refractivity (Wildman–Crippen MR) is 49.3 cm³/mol. The number of hydrogen-bond acceptors (Lipinski definition) is 3. The Labute approximate surface area is 80.3 Å². The summed E-state index contributed by atoms with van der Waals surface area (Å²) in [6.45, 7) is 0.0694. The van der Waals surface area contributed by atoms with Crippen LogP contribution < -0.4 is 11.5 Å². The van der Waals surface area contributed by atoms with E-state index in [-0.39, 0.29) is 17.7 Å². The quantitative estimate of drug-likeness (QED) is 0.659. The zero-order chi connectivity index (χ0) is 10.7. The fraction of sp³-hybridized carbons (Fsp3) is 0.222. The van der Waals surface area contributed by atoms with Crippen molar-refractivity contribution in [2.75, 3.05) is 6.54 Å². The number of hydrogen-bond donors (Lipinski definition) is 3. The average Bonchev–Trinajstić information content (AvgIpc) is 2.16. The molecular formula is C9H11FN2O2. The summed E-state index contributed by atoms with van der Waals surface area (Å²) in [6, 6.07) is 3.38. The van der Waals surface area contributed by atoms with Crippen LogP contribution >= 0.6 is 0 Å². The molecule has 5 N–H and O–H groups in total. The predicted octanol–water partition coefficient (Wildman–Crippen LogP) is 0.482. The Bertz CT molecular complexity index is 355. The fourth-order valence-electron chi connectivity index (χ4n) is 1.13. The molecule has 14 heavy (non-hydrogen) atoms. The summed E-state index contributed by atoms with van der Waals surface area (Å²) in [6.07, 6.45) is 0. The van der Waals surface area contributed by atoms with Crippen LogP contribution in [0.1, 0.15) is 22.0 Å². The van der Waals surface area contributed by atoms with Gasteiger partial charge in [0.05, 0.1) is 5.56 Å². The van der Waals surface area contributed by atoms with Crippen LogP contribution in [-0.2, 0) is 0 Å². The van der Waals surface area contributed by atoms with Crippen molar-refractivity contribution >= 4 is 5.97 Å². The molecule has 0 saturated heterocycles. The fourth-order valence-corrected chi connectivity index (χ4v) is 1.13. The number of carboxylic acid groups (broad SMARTS) is 1. The number of carbonyl (C=O) groups is 1. The Morgan fingerprint density at radius 1 is 1.57 bits per heavy atom. The van der Waals surface area contributed by atoms with Crippen LogP contribution in [0.2, 0.25) is 0 Å². The van der Waals surface area contributed by atoms with Crippen molar-refractivity contribution in [3.63, 3.8) is 0 Å². The Morgan fingerprint density at radius 2 is 2.21 bits per heavy atom. The highest BCUT2D eigenvalue weighted by Crippen LogP contribution is 2.17. The Morgan fingerprint density at radius 3 is 2.71 bits per heavy atom. The smallest absolute Gasteiger partial charge is 0.338 e. The van der Waals surface area contributed by atoms with Crippen molar-refractivity contribution in [1.29, 1.82) is 0 Å². The largest absolute Gasteiger partial charge is 0.478 e. The van der Waals surface area contributed by atoms with E-state index in [0.717, 1.165) is 0 Å². The first-order valence-corrected chi connectivity index (χ1v) is 4.05. The van der Waals surface area contributed by atoms with Crippen molar-refractivity contribution in [3.05, 3.63) is 35.1 Å². The highest BCUT2D eigenvalue weighted by Gasteiger charge is 2.16. The molecule has 0 fully saturated rings. The van der Waals surface area contributed by atoms with Crippen LogP contribution in [0, 0.1) is 5.82 Å². The minimum Gasteiger partial charge on any atom is -0.478 e.